The van der Waals surface area contributed by atoms with Gasteiger partial charge in [0.1, 0.15) is 5.82 Å². The molecule has 2 heteroatoms. The van der Waals surface area contributed by atoms with Crippen molar-refractivity contribution in [3.63, 3.8) is 0 Å². The van der Waals surface area contributed by atoms with Crippen LogP contribution in [0.15, 0.2) is 18.2 Å². The first-order chi connectivity index (χ1) is 8.63. The third-order valence-corrected chi connectivity index (χ3v) is 4.30. The van der Waals surface area contributed by atoms with Gasteiger partial charge in [-0.2, -0.15) is 0 Å². The molecule has 1 unspecified atom stereocenters. The molecular formula is C16H20ClF. The Kier molecular flexibility index (Phi) is 4.45. The Morgan fingerprint density at radius 2 is 2.17 bits per heavy atom. The van der Waals surface area contributed by atoms with Gasteiger partial charge in [0.2, 0.25) is 0 Å². The number of hydrogen-bond donors (Lipinski definition) is 0. The zero-order valence-electron chi connectivity index (χ0n) is 11.1. The Morgan fingerprint density at radius 3 is 2.78 bits per heavy atom. The predicted molar refractivity (Wildman–Crippen MR) is 76.4 cm³/mol. The summed E-state index contributed by atoms with van der Waals surface area (Å²) >= 11 is 5.98. The van der Waals surface area contributed by atoms with Crippen molar-refractivity contribution in [3.05, 3.63) is 40.2 Å². The van der Waals surface area contributed by atoms with Gasteiger partial charge < -0.3 is 0 Å². The molecule has 18 heavy (non-hydrogen) atoms. The molecule has 1 aromatic rings. The van der Waals surface area contributed by atoms with E-state index in [4.69, 9.17) is 11.6 Å². The summed E-state index contributed by atoms with van der Waals surface area (Å²) in [6, 6.07) is 3.77. The van der Waals surface area contributed by atoms with Crippen molar-refractivity contribution < 1.29 is 4.39 Å². The molecule has 98 valence electrons. The molecule has 0 N–H and O–H groups in total. The van der Waals surface area contributed by atoms with E-state index in [9.17, 15) is 4.39 Å². The molecule has 0 amide bonds. The van der Waals surface area contributed by atoms with Crippen LogP contribution >= 0.6 is 11.6 Å². The van der Waals surface area contributed by atoms with Gasteiger partial charge in [-0.1, -0.05) is 49.6 Å². The van der Waals surface area contributed by atoms with Crippen molar-refractivity contribution in [2.45, 2.75) is 46.0 Å². The van der Waals surface area contributed by atoms with Crippen LogP contribution in [0.25, 0.3) is 5.57 Å². The fourth-order valence-electron chi connectivity index (χ4n) is 2.70. The zero-order chi connectivity index (χ0) is 13.1. The normalized spacial score (nSPS) is 19.8. The largest absolute Gasteiger partial charge is 0.205 e. The lowest BCUT2D eigenvalue weighted by atomic mass is 9.84. The maximum absolute atomic E-state index is 14.1. The number of rotatable bonds is 3. The molecule has 0 aromatic heterocycles. The fourth-order valence-corrected chi connectivity index (χ4v) is 2.86. The van der Waals surface area contributed by atoms with Crippen LogP contribution in [0, 0.1) is 18.7 Å². The summed E-state index contributed by atoms with van der Waals surface area (Å²) in [6.45, 7) is 4.06. The minimum atomic E-state index is -0.253. The van der Waals surface area contributed by atoms with Crippen molar-refractivity contribution in [3.8, 4) is 0 Å². The van der Waals surface area contributed by atoms with E-state index in [0.717, 1.165) is 29.9 Å². The van der Waals surface area contributed by atoms with Crippen molar-refractivity contribution in [1.82, 2.24) is 0 Å². The average molecular weight is 267 g/mol. The molecule has 1 aromatic carbocycles. The number of allylic oxidation sites excluding steroid dienone is 2. The van der Waals surface area contributed by atoms with Crippen LogP contribution in [0.3, 0.4) is 0 Å². The van der Waals surface area contributed by atoms with E-state index < -0.39 is 0 Å². The molecule has 2 rings (SSSR count). The zero-order valence-corrected chi connectivity index (χ0v) is 11.9. The second kappa shape index (κ2) is 5.88. The molecule has 1 atom stereocenters. The Bertz CT molecular complexity index is 462. The minimum absolute atomic E-state index is 0.253. The Balaban J connectivity index is 2.21. The molecule has 0 heterocycles. The van der Waals surface area contributed by atoms with Crippen LogP contribution in [-0.4, -0.2) is 0 Å². The van der Waals surface area contributed by atoms with Crippen molar-refractivity contribution in [2.75, 3.05) is 0 Å². The Hall–Kier alpha value is -0.820. The first-order valence-corrected chi connectivity index (χ1v) is 7.15. The maximum atomic E-state index is 14.1. The molecule has 0 spiro atoms. The molecule has 0 fully saturated rings. The van der Waals surface area contributed by atoms with Gasteiger partial charge in [-0.25, -0.2) is 4.39 Å². The highest BCUT2D eigenvalue weighted by molar-refractivity contribution is 6.31. The van der Waals surface area contributed by atoms with Gasteiger partial charge in [-0.3, -0.25) is 0 Å². The molecule has 1 aliphatic rings. The number of hydrogen-bond acceptors (Lipinski definition) is 0. The fraction of sp³-hybridized carbons (Fsp3) is 0.500. The Labute approximate surface area is 114 Å². The lowest BCUT2D eigenvalue weighted by Gasteiger charge is -2.22. The van der Waals surface area contributed by atoms with E-state index in [1.807, 2.05) is 19.1 Å². The number of aryl methyl sites for hydroxylation is 1. The summed E-state index contributed by atoms with van der Waals surface area (Å²) in [6.07, 6.45) is 7.94. The molecule has 1 aliphatic carbocycles. The van der Waals surface area contributed by atoms with Gasteiger partial charge in [0.25, 0.3) is 0 Å². The van der Waals surface area contributed by atoms with E-state index in [-0.39, 0.29) is 10.8 Å². The van der Waals surface area contributed by atoms with Crippen LogP contribution in [0.5, 0.6) is 0 Å². The van der Waals surface area contributed by atoms with Gasteiger partial charge in [0.15, 0.2) is 0 Å². The predicted octanol–water partition coefficient (Wildman–Crippen LogP) is 5.77. The van der Waals surface area contributed by atoms with Crippen molar-refractivity contribution in [1.29, 1.82) is 0 Å². The van der Waals surface area contributed by atoms with E-state index in [0.29, 0.717) is 5.56 Å². The standard InChI is InChI=1S/C16H20ClF/c1-3-4-12-6-8-13(9-7-12)14-10-5-11(2)15(17)16(14)18/h5,8,10,12H,3-4,6-7,9H2,1-2H3. The smallest absolute Gasteiger partial charge is 0.149 e. The summed E-state index contributed by atoms with van der Waals surface area (Å²) in [5, 5.41) is 0.268. The Morgan fingerprint density at radius 1 is 1.39 bits per heavy atom. The minimum Gasteiger partial charge on any atom is -0.205 e. The van der Waals surface area contributed by atoms with Gasteiger partial charge in [0, 0.05) is 5.56 Å². The summed E-state index contributed by atoms with van der Waals surface area (Å²) in [7, 11) is 0. The third-order valence-electron chi connectivity index (χ3n) is 3.84. The van der Waals surface area contributed by atoms with Crippen LogP contribution in [-0.2, 0) is 0 Å². The first kappa shape index (κ1) is 13.6. The van der Waals surface area contributed by atoms with Crippen LogP contribution in [0.1, 0.15) is 50.2 Å². The summed E-state index contributed by atoms with van der Waals surface area (Å²) < 4.78 is 14.1. The lowest BCUT2D eigenvalue weighted by Crippen LogP contribution is -2.06. The topological polar surface area (TPSA) is 0 Å². The molecule has 0 bridgehead atoms. The van der Waals surface area contributed by atoms with E-state index in [1.165, 1.54) is 19.3 Å². The third kappa shape index (κ3) is 2.77. The highest BCUT2D eigenvalue weighted by atomic mass is 35.5. The molecule has 0 saturated heterocycles. The molecular weight excluding hydrogens is 247 g/mol. The van der Waals surface area contributed by atoms with Crippen molar-refractivity contribution >= 4 is 17.2 Å². The van der Waals surface area contributed by atoms with Gasteiger partial charge in [-0.05, 0) is 43.2 Å². The number of halogens is 2. The van der Waals surface area contributed by atoms with Crippen LogP contribution < -0.4 is 0 Å². The summed E-state index contributed by atoms with van der Waals surface area (Å²) in [5.74, 6) is 0.527. The monoisotopic (exact) mass is 266 g/mol. The van der Waals surface area contributed by atoms with Crippen LogP contribution in [0.4, 0.5) is 4.39 Å². The van der Waals surface area contributed by atoms with Gasteiger partial charge in [0.05, 0.1) is 5.02 Å². The maximum Gasteiger partial charge on any atom is 0.149 e. The molecule has 0 nitrogen and oxygen atoms in total. The first-order valence-electron chi connectivity index (χ1n) is 6.77. The molecule has 0 aliphatic heterocycles. The van der Waals surface area contributed by atoms with E-state index in [1.54, 1.807) is 0 Å². The summed E-state index contributed by atoms with van der Waals surface area (Å²) in [5.41, 5.74) is 2.63. The van der Waals surface area contributed by atoms with E-state index in [2.05, 4.69) is 13.0 Å². The lowest BCUT2D eigenvalue weighted by molar-refractivity contribution is 0.444. The SMILES string of the molecule is CCCC1CC=C(c2ccc(C)c(Cl)c2F)CC1. The second-order valence-corrected chi connectivity index (χ2v) is 5.59. The molecule has 0 saturated carbocycles. The van der Waals surface area contributed by atoms with Gasteiger partial charge in [-0.15, -0.1) is 0 Å². The van der Waals surface area contributed by atoms with E-state index >= 15 is 0 Å². The summed E-state index contributed by atoms with van der Waals surface area (Å²) in [4.78, 5) is 0. The number of benzene rings is 1. The molecule has 0 radical (unpaired) electrons. The quantitative estimate of drug-likeness (QED) is 0.651. The second-order valence-electron chi connectivity index (χ2n) is 5.22. The van der Waals surface area contributed by atoms with Crippen molar-refractivity contribution in [2.24, 2.45) is 5.92 Å². The highest BCUT2D eigenvalue weighted by Crippen LogP contribution is 2.35. The van der Waals surface area contributed by atoms with Gasteiger partial charge >= 0.3 is 0 Å². The average Bonchev–Trinajstić information content (AvgIpc) is 2.38. The van der Waals surface area contributed by atoms with Crippen LogP contribution in [0.2, 0.25) is 5.02 Å². The highest BCUT2D eigenvalue weighted by Gasteiger charge is 2.18.